The Morgan fingerprint density at radius 3 is 2.51 bits per heavy atom. The number of rotatable bonds is 6. The van der Waals surface area contributed by atoms with Crippen LogP contribution in [0.2, 0.25) is 0 Å². The van der Waals surface area contributed by atoms with E-state index in [4.69, 9.17) is 13.9 Å². The van der Waals surface area contributed by atoms with Gasteiger partial charge in [0.05, 0.1) is 39.1 Å². The molecule has 5 rings (SSSR count). The van der Waals surface area contributed by atoms with Gasteiger partial charge in [-0.2, -0.15) is 0 Å². The van der Waals surface area contributed by atoms with Crippen LogP contribution >= 0.6 is 0 Å². The van der Waals surface area contributed by atoms with Gasteiger partial charge in [-0.3, -0.25) is 9.59 Å². The molecule has 1 saturated carbocycles. The molecule has 2 aliphatic rings. The van der Waals surface area contributed by atoms with Gasteiger partial charge in [0, 0.05) is 11.4 Å². The predicted octanol–water partition coefficient (Wildman–Crippen LogP) is 4.36. The van der Waals surface area contributed by atoms with E-state index >= 15 is 0 Å². The standard InChI is InChI=1S/C27H33N3O5/c1-17-7-9-18(10-8-17)28-26(32)27(2)16-29-21(25(31)30(27)15-19-6-5-13-35-19)14-20-22(33-3)11-12-23(34-4)24(20)29/h5-6,11-14,17-18H,7-10,15-16H2,1-4H3,(H,28,32)/t17?,18?,27-/m0/s1. The van der Waals surface area contributed by atoms with Gasteiger partial charge in [-0.05, 0) is 68.9 Å². The number of aromatic nitrogens is 1. The highest BCUT2D eigenvalue weighted by atomic mass is 16.5. The summed E-state index contributed by atoms with van der Waals surface area (Å²) < 4.78 is 18.7. The molecule has 0 saturated heterocycles. The Morgan fingerprint density at radius 2 is 1.86 bits per heavy atom. The average Bonchev–Trinajstić information content (AvgIpc) is 3.51. The fourth-order valence-electron chi connectivity index (χ4n) is 5.51. The van der Waals surface area contributed by atoms with Crippen LogP contribution in [0.15, 0.2) is 41.0 Å². The van der Waals surface area contributed by atoms with Gasteiger partial charge < -0.3 is 28.7 Å². The number of amides is 2. The summed E-state index contributed by atoms with van der Waals surface area (Å²) in [6.45, 7) is 4.59. The number of ether oxygens (including phenoxy) is 2. The number of hydrogen-bond donors (Lipinski definition) is 1. The lowest BCUT2D eigenvalue weighted by Crippen LogP contribution is -2.64. The van der Waals surface area contributed by atoms with Crippen molar-refractivity contribution in [2.45, 2.75) is 64.2 Å². The van der Waals surface area contributed by atoms with Crippen molar-refractivity contribution < 1.29 is 23.5 Å². The SMILES string of the molecule is COc1ccc(OC)c2c1cc1n2C[C@@](C)(C(=O)NC2CCC(C)CC2)N(Cc2ccco2)C1=O. The molecule has 2 aromatic heterocycles. The van der Waals surface area contributed by atoms with E-state index in [9.17, 15) is 9.59 Å². The van der Waals surface area contributed by atoms with Crippen LogP contribution in [0.1, 0.15) is 55.8 Å². The Morgan fingerprint density at radius 1 is 1.14 bits per heavy atom. The van der Waals surface area contributed by atoms with Gasteiger partial charge in [-0.15, -0.1) is 0 Å². The van der Waals surface area contributed by atoms with Crippen LogP contribution in [0.3, 0.4) is 0 Å². The monoisotopic (exact) mass is 479 g/mol. The lowest BCUT2D eigenvalue weighted by molar-refractivity contribution is -0.134. The van der Waals surface area contributed by atoms with Crippen molar-refractivity contribution >= 4 is 22.7 Å². The molecule has 186 valence electrons. The highest BCUT2D eigenvalue weighted by Gasteiger charge is 2.49. The number of methoxy groups -OCH3 is 2. The lowest BCUT2D eigenvalue weighted by Gasteiger charge is -2.44. The normalized spacial score (nSPS) is 24.3. The van der Waals surface area contributed by atoms with Gasteiger partial charge in [0.15, 0.2) is 0 Å². The smallest absolute Gasteiger partial charge is 0.271 e. The number of furan rings is 1. The minimum atomic E-state index is -1.13. The van der Waals surface area contributed by atoms with Gasteiger partial charge in [-0.1, -0.05) is 6.92 Å². The maximum Gasteiger partial charge on any atom is 0.271 e. The third kappa shape index (κ3) is 3.94. The summed E-state index contributed by atoms with van der Waals surface area (Å²) in [6, 6.07) is 9.21. The number of nitrogens with zero attached hydrogens (tertiary/aromatic N) is 2. The molecule has 3 aromatic rings. The van der Waals surface area contributed by atoms with E-state index in [1.165, 1.54) is 0 Å². The van der Waals surface area contributed by atoms with Crippen molar-refractivity contribution in [2.75, 3.05) is 14.2 Å². The molecule has 1 fully saturated rings. The van der Waals surface area contributed by atoms with Crippen molar-refractivity contribution in [3.63, 3.8) is 0 Å². The summed E-state index contributed by atoms with van der Waals surface area (Å²) in [7, 11) is 3.20. The molecule has 1 N–H and O–H groups in total. The molecule has 1 aliphatic heterocycles. The first-order valence-corrected chi connectivity index (χ1v) is 12.2. The largest absolute Gasteiger partial charge is 0.496 e. The van der Waals surface area contributed by atoms with Gasteiger partial charge >= 0.3 is 0 Å². The Hall–Kier alpha value is -3.42. The number of fused-ring (bicyclic) bond motifs is 3. The zero-order valence-electron chi connectivity index (χ0n) is 20.8. The first kappa shape index (κ1) is 23.3. The minimum absolute atomic E-state index is 0.119. The van der Waals surface area contributed by atoms with Crippen molar-refractivity contribution in [2.24, 2.45) is 5.92 Å². The summed E-state index contributed by atoms with van der Waals surface area (Å²) in [5.74, 6) is 2.21. The molecule has 1 aliphatic carbocycles. The zero-order chi connectivity index (χ0) is 24.7. The Balaban J connectivity index is 1.59. The Bertz CT molecular complexity index is 1240. The third-order valence-corrected chi connectivity index (χ3v) is 7.68. The quantitative estimate of drug-likeness (QED) is 0.568. The van der Waals surface area contributed by atoms with E-state index in [0.29, 0.717) is 28.9 Å². The maximum absolute atomic E-state index is 14.0. The van der Waals surface area contributed by atoms with Crippen LogP contribution in [-0.2, 0) is 17.9 Å². The van der Waals surface area contributed by atoms with Crippen LogP contribution in [0.4, 0.5) is 0 Å². The zero-order valence-corrected chi connectivity index (χ0v) is 20.8. The first-order valence-electron chi connectivity index (χ1n) is 12.2. The molecule has 8 nitrogen and oxygen atoms in total. The molecule has 1 atom stereocenters. The van der Waals surface area contributed by atoms with Crippen molar-refractivity contribution in [3.8, 4) is 11.5 Å². The molecule has 1 aromatic carbocycles. The molecule has 0 bridgehead atoms. The number of carbonyl (C=O) groups excluding carboxylic acids is 2. The van der Waals surface area contributed by atoms with Crippen molar-refractivity contribution in [1.29, 1.82) is 0 Å². The van der Waals surface area contributed by atoms with E-state index < -0.39 is 5.54 Å². The van der Waals surface area contributed by atoms with Crippen molar-refractivity contribution in [1.82, 2.24) is 14.8 Å². The summed E-state index contributed by atoms with van der Waals surface area (Å²) >= 11 is 0. The predicted molar refractivity (Wildman–Crippen MR) is 132 cm³/mol. The van der Waals surface area contributed by atoms with E-state index in [2.05, 4.69) is 12.2 Å². The number of hydrogen-bond acceptors (Lipinski definition) is 5. The average molecular weight is 480 g/mol. The molecule has 0 unspecified atom stereocenters. The van der Waals surface area contributed by atoms with E-state index in [1.54, 1.807) is 31.4 Å². The summed E-state index contributed by atoms with van der Waals surface area (Å²) in [5.41, 5.74) is 0.115. The highest BCUT2D eigenvalue weighted by molar-refractivity contribution is 6.05. The Labute approximate surface area is 205 Å². The molecular formula is C27H33N3O5. The van der Waals surface area contributed by atoms with Gasteiger partial charge in [0.2, 0.25) is 5.91 Å². The van der Waals surface area contributed by atoms with Crippen LogP contribution in [0.5, 0.6) is 11.5 Å². The number of carbonyl (C=O) groups is 2. The second-order valence-corrected chi connectivity index (χ2v) is 10.0. The second-order valence-electron chi connectivity index (χ2n) is 10.0. The lowest BCUT2D eigenvalue weighted by atomic mass is 9.86. The molecule has 3 heterocycles. The second kappa shape index (κ2) is 8.98. The van der Waals surface area contributed by atoms with E-state index in [1.807, 2.05) is 35.8 Å². The van der Waals surface area contributed by atoms with Crippen LogP contribution < -0.4 is 14.8 Å². The third-order valence-electron chi connectivity index (χ3n) is 7.68. The minimum Gasteiger partial charge on any atom is -0.496 e. The van der Waals surface area contributed by atoms with Crippen LogP contribution in [0, 0.1) is 5.92 Å². The molecule has 0 spiro atoms. The van der Waals surface area contributed by atoms with Gasteiger partial charge in [-0.25, -0.2) is 0 Å². The van der Waals surface area contributed by atoms with Gasteiger partial charge in [0.25, 0.3) is 5.91 Å². The number of benzene rings is 1. The number of nitrogens with one attached hydrogen (secondary N) is 1. The summed E-state index contributed by atoms with van der Waals surface area (Å²) in [5, 5.41) is 4.05. The van der Waals surface area contributed by atoms with Crippen LogP contribution in [0.25, 0.3) is 10.9 Å². The fourth-order valence-corrected chi connectivity index (χ4v) is 5.51. The molecule has 0 radical (unpaired) electrons. The molecule has 35 heavy (non-hydrogen) atoms. The topological polar surface area (TPSA) is 85.9 Å². The summed E-state index contributed by atoms with van der Waals surface area (Å²) in [6.07, 6.45) is 5.69. The fraction of sp³-hybridized carbons (Fsp3) is 0.481. The van der Waals surface area contributed by atoms with Gasteiger partial charge in [0.1, 0.15) is 28.5 Å². The Kier molecular flexibility index (Phi) is 5.99. The molecular weight excluding hydrogens is 446 g/mol. The maximum atomic E-state index is 14.0. The first-order chi connectivity index (χ1) is 16.9. The van der Waals surface area contributed by atoms with Crippen molar-refractivity contribution in [3.05, 3.63) is 48.0 Å². The van der Waals surface area contributed by atoms with E-state index in [0.717, 1.165) is 36.6 Å². The summed E-state index contributed by atoms with van der Waals surface area (Å²) in [4.78, 5) is 29.5. The molecule has 8 heteroatoms. The molecule has 2 amide bonds. The van der Waals surface area contributed by atoms with E-state index in [-0.39, 0.29) is 30.9 Å². The highest BCUT2D eigenvalue weighted by Crippen LogP contribution is 2.40. The van der Waals surface area contributed by atoms with Crippen LogP contribution in [-0.4, -0.2) is 47.1 Å².